The molecule has 0 aliphatic carbocycles. The molecule has 2 N–H and O–H groups in total. The van der Waals surface area contributed by atoms with Crippen LogP contribution >= 0.6 is 35.4 Å². The van der Waals surface area contributed by atoms with Gasteiger partial charge in [0.25, 0.3) is 0 Å². The van der Waals surface area contributed by atoms with E-state index in [2.05, 4.69) is 10.6 Å². The maximum absolute atomic E-state index is 13.2. The van der Waals surface area contributed by atoms with Crippen LogP contribution in [0.2, 0.25) is 10.0 Å². The summed E-state index contributed by atoms with van der Waals surface area (Å²) in [5.41, 5.74) is 0.184. The molecule has 22 heavy (non-hydrogen) atoms. The van der Waals surface area contributed by atoms with E-state index in [9.17, 15) is 14.5 Å². The molecule has 0 saturated heterocycles. The van der Waals surface area contributed by atoms with E-state index in [0.29, 0.717) is 15.7 Å². The lowest BCUT2D eigenvalue weighted by molar-refractivity contribution is -0.387. The molecule has 0 spiro atoms. The van der Waals surface area contributed by atoms with Crippen LogP contribution < -0.4 is 10.6 Å². The van der Waals surface area contributed by atoms with Crippen LogP contribution in [0.15, 0.2) is 36.4 Å². The lowest BCUT2D eigenvalue weighted by atomic mass is 10.2. The number of nitro groups is 1. The van der Waals surface area contributed by atoms with Gasteiger partial charge in [-0.15, -0.1) is 0 Å². The Balaban J connectivity index is 2.12. The van der Waals surface area contributed by atoms with Crippen molar-refractivity contribution in [3.8, 4) is 0 Å². The number of benzene rings is 2. The quantitative estimate of drug-likeness (QED) is 0.465. The zero-order valence-corrected chi connectivity index (χ0v) is 13.1. The van der Waals surface area contributed by atoms with Crippen LogP contribution in [0.5, 0.6) is 0 Å². The molecular weight excluding hydrogens is 352 g/mol. The maximum atomic E-state index is 13.2. The van der Waals surface area contributed by atoms with Crippen LogP contribution in [0, 0.1) is 15.9 Å². The van der Waals surface area contributed by atoms with Crippen molar-refractivity contribution in [2.24, 2.45) is 0 Å². The maximum Gasteiger partial charge on any atom is 0.306 e. The fourth-order valence-corrected chi connectivity index (χ4v) is 2.41. The summed E-state index contributed by atoms with van der Waals surface area (Å²) in [7, 11) is 0. The Morgan fingerprint density at radius 3 is 2.27 bits per heavy atom. The molecule has 2 rings (SSSR count). The molecule has 5 nitrogen and oxygen atoms in total. The van der Waals surface area contributed by atoms with E-state index in [1.54, 1.807) is 18.2 Å². The van der Waals surface area contributed by atoms with Crippen LogP contribution in [0.25, 0.3) is 0 Å². The second kappa shape index (κ2) is 6.87. The third-order valence-corrected chi connectivity index (χ3v) is 3.16. The minimum Gasteiger partial charge on any atom is -0.332 e. The van der Waals surface area contributed by atoms with Crippen molar-refractivity contribution in [3.05, 3.63) is 62.4 Å². The minimum atomic E-state index is -0.920. The van der Waals surface area contributed by atoms with Crippen molar-refractivity contribution < 1.29 is 9.31 Å². The number of rotatable bonds is 3. The first-order chi connectivity index (χ1) is 10.3. The molecule has 2 aromatic carbocycles. The van der Waals surface area contributed by atoms with Gasteiger partial charge < -0.3 is 10.6 Å². The SMILES string of the molecule is O=[N+]([O-])c1cc(NC(=S)Nc2cc(Cl)cc(Cl)c2)ccc1F. The Labute approximate surface area is 140 Å². The van der Waals surface area contributed by atoms with Crippen molar-refractivity contribution in [2.75, 3.05) is 10.6 Å². The monoisotopic (exact) mass is 359 g/mol. The summed E-state index contributed by atoms with van der Waals surface area (Å²) in [6, 6.07) is 8.14. The van der Waals surface area contributed by atoms with Crippen LogP contribution in [-0.2, 0) is 0 Å². The highest BCUT2D eigenvalue weighted by Crippen LogP contribution is 2.24. The number of thiocarbonyl (C=S) groups is 1. The van der Waals surface area contributed by atoms with E-state index in [1.165, 1.54) is 6.07 Å². The summed E-state index contributed by atoms with van der Waals surface area (Å²) in [4.78, 5) is 9.87. The molecule has 2 aromatic rings. The van der Waals surface area contributed by atoms with E-state index in [0.717, 1.165) is 12.1 Å². The highest BCUT2D eigenvalue weighted by Gasteiger charge is 2.14. The highest BCUT2D eigenvalue weighted by molar-refractivity contribution is 7.80. The van der Waals surface area contributed by atoms with Gasteiger partial charge in [-0.1, -0.05) is 23.2 Å². The Hall–Kier alpha value is -1.96. The van der Waals surface area contributed by atoms with Crippen LogP contribution in [0.4, 0.5) is 21.5 Å². The van der Waals surface area contributed by atoms with E-state index in [4.69, 9.17) is 35.4 Å². The Bertz CT molecular complexity index is 738. The Morgan fingerprint density at radius 2 is 1.68 bits per heavy atom. The van der Waals surface area contributed by atoms with Crippen molar-refractivity contribution in [1.82, 2.24) is 0 Å². The number of anilines is 2. The van der Waals surface area contributed by atoms with Crippen molar-refractivity contribution >= 4 is 57.6 Å². The number of hydrogen-bond acceptors (Lipinski definition) is 3. The van der Waals surface area contributed by atoms with Gasteiger partial charge >= 0.3 is 5.69 Å². The van der Waals surface area contributed by atoms with E-state index >= 15 is 0 Å². The molecule has 0 bridgehead atoms. The minimum absolute atomic E-state index is 0.152. The van der Waals surface area contributed by atoms with Crippen LogP contribution in [0.3, 0.4) is 0 Å². The molecule has 0 aromatic heterocycles. The summed E-state index contributed by atoms with van der Waals surface area (Å²) in [5.74, 6) is -0.920. The summed E-state index contributed by atoms with van der Waals surface area (Å²) in [5, 5.41) is 17.2. The van der Waals surface area contributed by atoms with Crippen molar-refractivity contribution in [3.63, 3.8) is 0 Å². The van der Waals surface area contributed by atoms with Crippen molar-refractivity contribution in [1.29, 1.82) is 0 Å². The molecular formula is C13H8Cl2FN3O2S. The van der Waals surface area contributed by atoms with Gasteiger partial charge in [-0.25, -0.2) is 0 Å². The molecule has 0 amide bonds. The second-order valence-corrected chi connectivity index (χ2v) is 5.44. The average Bonchev–Trinajstić information content (AvgIpc) is 2.39. The highest BCUT2D eigenvalue weighted by atomic mass is 35.5. The summed E-state index contributed by atoms with van der Waals surface area (Å²) >= 11 is 16.8. The smallest absolute Gasteiger partial charge is 0.306 e. The molecule has 0 unspecified atom stereocenters. The lowest BCUT2D eigenvalue weighted by Gasteiger charge is -2.11. The molecule has 0 radical (unpaired) electrons. The number of nitrogens with one attached hydrogen (secondary N) is 2. The predicted octanol–water partition coefficient (Wildman–Crippen LogP) is 4.85. The Kier molecular flexibility index (Phi) is 5.12. The molecule has 9 heteroatoms. The predicted molar refractivity (Wildman–Crippen MR) is 89.4 cm³/mol. The zero-order valence-electron chi connectivity index (χ0n) is 10.8. The van der Waals surface area contributed by atoms with Crippen LogP contribution in [-0.4, -0.2) is 10.0 Å². The largest absolute Gasteiger partial charge is 0.332 e. The summed E-state index contributed by atoms with van der Waals surface area (Å²) in [6.45, 7) is 0. The summed E-state index contributed by atoms with van der Waals surface area (Å²) < 4.78 is 13.2. The molecule has 0 aliphatic heterocycles. The topological polar surface area (TPSA) is 67.2 Å². The van der Waals surface area contributed by atoms with Gasteiger partial charge in [-0.3, -0.25) is 10.1 Å². The molecule has 0 fully saturated rings. The number of halogens is 3. The first-order valence-corrected chi connectivity index (χ1v) is 6.99. The van der Waals surface area contributed by atoms with Crippen molar-refractivity contribution in [2.45, 2.75) is 0 Å². The fourth-order valence-electron chi connectivity index (χ4n) is 1.65. The third kappa shape index (κ3) is 4.27. The van der Waals surface area contributed by atoms with E-state index in [-0.39, 0.29) is 10.8 Å². The Morgan fingerprint density at radius 1 is 1.09 bits per heavy atom. The molecule has 0 saturated carbocycles. The van der Waals surface area contributed by atoms with Crippen LogP contribution in [0.1, 0.15) is 0 Å². The standard InChI is InChI=1S/C13H8Cl2FN3O2S/c14-7-3-8(15)5-10(4-7)18-13(22)17-9-1-2-11(16)12(6-9)19(20)21/h1-6H,(H2,17,18,22). The van der Waals surface area contributed by atoms with Gasteiger partial charge in [0, 0.05) is 27.5 Å². The molecule has 0 aliphatic rings. The van der Waals surface area contributed by atoms with Gasteiger partial charge in [0.15, 0.2) is 5.11 Å². The van der Waals surface area contributed by atoms with Gasteiger partial charge in [-0.2, -0.15) is 4.39 Å². The number of hydrogen-bond donors (Lipinski definition) is 2. The second-order valence-electron chi connectivity index (χ2n) is 4.16. The third-order valence-electron chi connectivity index (χ3n) is 2.52. The van der Waals surface area contributed by atoms with Gasteiger partial charge in [-0.05, 0) is 42.5 Å². The van der Waals surface area contributed by atoms with Gasteiger partial charge in [0.2, 0.25) is 5.82 Å². The number of nitro benzene ring substituents is 1. The van der Waals surface area contributed by atoms with E-state index < -0.39 is 16.4 Å². The normalized spacial score (nSPS) is 10.1. The average molecular weight is 360 g/mol. The first-order valence-electron chi connectivity index (χ1n) is 5.83. The number of nitrogens with zero attached hydrogens (tertiary/aromatic N) is 1. The first kappa shape index (κ1) is 16.4. The fraction of sp³-hybridized carbons (Fsp3) is 0. The molecule has 0 heterocycles. The zero-order chi connectivity index (χ0) is 16.3. The molecule has 0 atom stereocenters. The van der Waals surface area contributed by atoms with Gasteiger partial charge in [0.05, 0.1) is 4.92 Å². The molecule has 114 valence electrons. The lowest BCUT2D eigenvalue weighted by Crippen LogP contribution is -2.19. The van der Waals surface area contributed by atoms with Gasteiger partial charge in [0.1, 0.15) is 0 Å². The summed E-state index contributed by atoms with van der Waals surface area (Å²) in [6.07, 6.45) is 0. The van der Waals surface area contributed by atoms with E-state index in [1.807, 2.05) is 0 Å².